The summed E-state index contributed by atoms with van der Waals surface area (Å²) in [6.45, 7) is 6.90. The summed E-state index contributed by atoms with van der Waals surface area (Å²) in [6, 6.07) is 14.1. The molecule has 30 heavy (non-hydrogen) atoms. The fourth-order valence-electron chi connectivity index (χ4n) is 2.54. The van der Waals surface area contributed by atoms with Gasteiger partial charge in [-0.3, -0.25) is 14.9 Å². The van der Waals surface area contributed by atoms with Crippen LogP contribution in [0, 0.1) is 5.92 Å². The maximum atomic E-state index is 12.4. The normalized spacial score (nSPS) is 10.4. The number of hydrogen-bond acceptors (Lipinski definition) is 4. The molecule has 0 aliphatic rings. The number of rotatable bonds is 9. The zero-order valence-electron chi connectivity index (χ0n) is 17.7. The van der Waals surface area contributed by atoms with Gasteiger partial charge in [0.1, 0.15) is 5.75 Å². The fraction of sp³-hybridized carbons (Fsp3) is 0.348. The number of ether oxygens (including phenoxy) is 1. The van der Waals surface area contributed by atoms with Gasteiger partial charge in [-0.2, -0.15) is 0 Å². The number of benzene rings is 2. The first-order valence-corrected chi connectivity index (χ1v) is 10.5. The number of anilines is 2. The first kappa shape index (κ1) is 23.3. The van der Waals surface area contributed by atoms with Crippen LogP contribution in [0.15, 0.2) is 48.5 Å². The van der Waals surface area contributed by atoms with E-state index in [0.29, 0.717) is 35.9 Å². The number of carbonyl (C=O) groups excluding carboxylic acids is 2. The second kappa shape index (κ2) is 11.9. The van der Waals surface area contributed by atoms with Crippen molar-refractivity contribution >= 4 is 40.5 Å². The Bertz CT molecular complexity index is 849. The molecule has 2 amide bonds. The molecule has 0 saturated heterocycles. The predicted molar refractivity (Wildman–Crippen MR) is 125 cm³/mol. The van der Waals surface area contributed by atoms with Gasteiger partial charge >= 0.3 is 0 Å². The lowest BCUT2D eigenvalue weighted by molar-refractivity contribution is -0.116. The summed E-state index contributed by atoms with van der Waals surface area (Å²) in [6.07, 6.45) is 2.27. The van der Waals surface area contributed by atoms with Gasteiger partial charge < -0.3 is 15.4 Å². The van der Waals surface area contributed by atoms with Crippen molar-refractivity contribution in [3.63, 3.8) is 0 Å². The van der Waals surface area contributed by atoms with Crippen LogP contribution in [-0.2, 0) is 4.79 Å². The molecular weight excluding hydrogens is 398 g/mol. The van der Waals surface area contributed by atoms with Gasteiger partial charge in [-0.25, -0.2) is 0 Å². The van der Waals surface area contributed by atoms with Gasteiger partial charge in [-0.05, 0) is 79.5 Å². The third kappa shape index (κ3) is 8.21. The molecule has 2 rings (SSSR count). The highest BCUT2D eigenvalue weighted by Gasteiger charge is 2.09. The molecule has 0 atom stereocenters. The Labute approximate surface area is 183 Å². The van der Waals surface area contributed by atoms with E-state index in [2.05, 4.69) is 29.8 Å². The zero-order chi connectivity index (χ0) is 21.9. The summed E-state index contributed by atoms with van der Waals surface area (Å²) in [5, 5.41) is 8.63. The molecule has 0 fully saturated rings. The molecule has 0 radical (unpaired) electrons. The van der Waals surface area contributed by atoms with Crippen LogP contribution in [0.2, 0.25) is 0 Å². The number of thiocarbonyl (C=S) groups is 1. The molecule has 7 heteroatoms. The van der Waals surface area contributed by atoms with Gasteiger partial charge in [0.25, 0.3) is 5.91 Å². The molecule has 0 spiro atoms. The number of nitrogens with one attached hydrogen (secondary N) is 3. The van der Waals surface area contributed by atoms with Crippen LogP contribution < -0.4 is 20.7 Å². The second-order valence-electron chi connectivity index (χ2n) is 7.34. The van der Waals surface area contributed by atoms with Gasteiger partial charge in [0.15, 0.2) is 5.11 Å². The summed E-state index contributed by atoms with van der Waals surface area (Å²) in [5.74, 6) is 1.00. The Morgan fingerprint density at radius 3 is 2.13 bits per heavy atom. The van der Waals surface area contributed by atoms with Crippen molar-refractivity contribution in [2.24, 2.45) is 5.92 Å². The van der Waals surface area contributed by atoms with Crippen LogP contribution in [0.3, 0.4) is 0 Å². The fourth-order valence-corrected chi connectivity index (χ4v) is 2.75. The molecule has 0 heterocycles. The van der Waals surface area contributed by atoms with E-state index in [1.165, 1.54) is 0 Å². The van der Waals surface area contributed by atoms with Crippen molar-refractivity contribution in [1.29, 1.82) is 0 Å². The number of carbonyl (C=O) groups is 2. The third-order valence-corrected chi connectivity index (χ3v) is 4.42. The van der Waals surface area contributed by atoms with Gasteiger partial charge in [0.2, 0.25) is 5.91 Å². The summed E-state index contributed by atoms with van der Waals surface area (Å²) >= 11 is 5.22. The van der Waals surface area contributed by atoms with E-state index < -0.39 is 0 Å². The highest BCUT2D eigenvalue weighted by Crippen LogP contribution is 2.15. The molecule has 0 unspecified atom stereocenters. The zero-order valence-corrected chi connectivity index (χ0v) is 18.5. The van der Waals surface area contributed by atoms with E-state index in [-0.39, 0.29) is 16.9 Å². The molecule has 0 saturated carbocycles. The summed E-state index contributed by atoms with van der Waals surface area (Å²) in [7, 11) is 0. The Balaban J connectivity index is 1.82. The van der Waals surface area contributed by atoms with E-state index >= 15 is 0 Å². The minimum Gasteiger partial charge on any atom is -0.494 e. The molecule has 0 aliphatic heterocycles. The van der Waals surface area contributed by atoms with Crippen molar-refractivity contribution in [3.8, 4) is 5.75 Å². The van der Waals surface area contributed by atoms with Crippen LogP contribution in [0.4, 0.5) is 11.4 Å². The van der Waals surface area contributed by atoms with Gasteiger partial charge in [0.05, 0.1) is 6.61 Å². The molecule has 2 aromatic carbocycles. The largest absolute Gasteiger partial charge is 0.494 e. The SMILES string of the molecule is CCCC(=O)Nc1ccc(NC(=S)NC(=O)c2ccc(OCCC(C)C)cc2)cc1. The Hall–Kier alpha value is -2.93. The molecule has 2 aromatic rings. The predicted octanol–water partition coefficient (Wildman–Crippen LogP) is 4.98. The van der Waals surface area contributed by atoms with E-state index in [0.717, 1.165) is 18.6 Å². The molecule has 160 valence electrons. The maximum Gasteiger partial charge on any atom is 0.257 e. The Kier molecular flexibility index (Phi) is 9.28. The average Bonchev–Trinajstić information content (AvgIpc) is 2.70. The molecule has 3 N–H and O–H groups in total. The van der Waals surface area contributed by atoms with Crippen molar-refractivity contribution in [1.82, 2.24) is 5.32 Å². The lowest BCUT2D eigenvalue weighted by Gasteiger charge is -2.11. The topological polar surface area (TPSA) is 79.5 Å². The van der Waals surface area contributed by atoms with Gasteiger partial charge in [-0.1, -0.05) is 20.8 Å². The number of amides is 2. The quantitative estimate of drug-likeness (QED) is 0.492. The second-order valence-corrected chi connectivity index (χ2v) is 7.75. The number of hydrogen-bond donors (Lipinski definition) is 3. The summed E-state index contributed by atoms with van der Waals surface area (Å²) in [4.78, 5) is 24.0. The molecule has 6 nitrogen and oxygen atoms in total. The first-order chi connectivity index (χ1) is 14.4. The van der Waals surface area contributed by atoms with Crippen LogP contribution in [0.1, 0.15) is 50.4 Å². The van der Waals surface area contributed by atoms with Crippen LogP contribution in [0.25, 0.3) is 0 Å². The van der Waals surface area contributed by atoms with E-state index in [1.54, 1.807) is 48.5 Å². The molecule has 0 bridgehead atoms. The summed E-state index contributed by atoms with van der Waals surface area (Å²) < 4.78 is 5.66. The van der Waals surface area contributed by atoms with Crippen LogP contribution >= 0.6 is 12.2 Å². The van der Waals surface area contributed by atoms with Gasteiger partial charge in [-0.15, -0.1) is 0 Å². The molecule has 0 aromatic heterocycles. The van der Waals surface area contributed by atoms with Crippen molar-refractivity contribution in [3.05, 3.63) is 54.1 Å². The average molecular weight is 428 g/mol. The van der Waals surface area contributed by atoms with Crippen molar-refractivity contribution in [2.75, 3.05) is 17.2 Å². The van der Waals surface area contributed by atoms with Crippen molar-refractivity contribution < 1.29 is 14.3 Å². The first-order valence-electron chi connectivity index (χ1n) is 10.1. The van der Waals surface area contributed by atoms with E-state index in [9.17, 15) is 9.59 Å². The minimum atomic E-state index is -0.301. The van der Waals surface area contributed by atoms with Crippen LogP contribution in [0.5, 0.6) is 5.75 Å². The van der Waals surface area contributed by atoms with E-state index in [4.69, 9.17) is 17.0 Å². The lowest BCUT2D eigenvalue weighted by Crippen LogP contribution is -2.34. The Morgan fingerprint density at radius 2 is 1.57 bits per heavy atom. The highest BCUT2D eigenvalue weighted by molar-refractivity contribution is 7.80. The Morgan fingerprint density at radius 1 is 0.967 bits per heavy atom. The smallest absolute Gasteiger partial charge is 0.257 e. The summed E-state index contributed by atoms with van der Waals surface area (Å²) in [5.41, 5.74) is 1.91. The van der Waals surface area contributed by atoms with Crippen LogP contribution in [-0.4, -0.2) is 23.5 Å². The lowest BCUT2D eigenvalue weighted by atomic mass is 10.1. The highest BCUT2D eigenvalue weighted by atomic mass is 32.1. The standard InChI is InChI=1S/C23H29N3O3S/c1-4-5-21(27)24-18-8-10-19(11-9-18)25-23(30)26-22(28)17-6-12-20(13-7-17)29-15-14-16(2)3/h6-13,16H,4-5,14-15H2,1-3H3,(H,24,27)(H2,25,26,28,30). The van der Waals surface area contributed by atoms with Gasteiger partial charge in [0, 0.05) is 23.4 Å². The minimum absolute atomic E-state index is 0.0164. The molecule has 0 aliphatic carbocycles. The van der Waals surface area contributed by atoms with E-state index in [1.807, 2.05) is 6.92 Å². The third-order valence-electron chi connectivity index (χ3n) is 4.21. The molecular formula is C23H29N3O3S. The maximum absolute atomic E-state index is 12.4. The van der Waals surface area contributed by atoms with Crippen molar-refractivity contribution in [2.45, 2.75) is 40.0 Å². The monoisotopic (exact) mass is 427 g/mol.